The van der Waals surface area contributed by atoms with E-state index in [1.54, 1.807) is 31.4 Å². The van der Waals surface area contributed by atoms with E-state index in [1.807, 2.05) is 6.92 Å². The van der Waals surface area contributed by atoms with E-state index in [2.05, 4.69) is 10.6 Å². The maximum Gasteiger partial charge on any atom is 0.319 e. The second kappa shape index (κ2) is 6.13. The van der Waals surface area contributed by atoms with Gasteiger partial charge in [-0.25, -0.2) is 4.79 Å². The number of anilines is 1. The highest BCUT2D eigenvalue weighted by atomic mass is 16.5. The first-order valence-corrected chi connectivity index (χ1v) is 6.88. The summed E-state index contributed by atoms with van der Waals surface area (Å²) in [4.78, 5) is 23.0. The molecule has 1 aliphatic rings. The van der Waals surface area contributed by atoms with Crippen LogP contribution in [-0.4, -0.2) is 36.9 Å². The first-order chi connectivity index (χ1) is 9.98. The normalized spacial score (nSPS) is 16.9. The fourth-order valence-electron chi connectivity index (χ4n) is 2.31. The molecule has 21 heavy (non-hydrogen) atoms. The number of nitrogens with one attached hydrogen (secondary N) is 2. The van der Waals surface area contributed by atoms with Gasteiger partial charge in [0.15, 0.2) is 0 Å². The summed E-state index contributed by atoms with van der Waals surface area (Å²) in [5.74, 6) is -0.783. The predicted molar refractivity (Wildman–Crippen MR) is 78.5 cm³/mol. The molecule has 6 nitrogen and oxygen atoms in total. The van der Waals surface area contributed by atoms with Crippen LogP contribution in [0.1, 0.15) is 25.3 Å². The molecule has 1 fully saturated rings. The Hall–Kier alpha value is -2.08. The Morgan fingerprint density at radius 2 is 1.95 bits per heavy atom. The smallest absolute Gasteiger partial charge is 0.319 e. The molecule has 0 aliphatic heterocycles. The third kappa shape index (κ3) is 3.52. The number of hydrogen-bond acceptors (Lipinski definition) is 3. The Bertz CT molecular complexity index is 523. The molecule has 114 valence electrons. The van der Waals surface area contributed by atoms with Gasteiger partial charge in [0, 0.05) is 12.8 Å². The fraction of sp³-hybridized carbons (Fsp3) is 0.467. The quantitative estimate of drug-likeness (QED) is 0.748. The van der Waals surface area contributed by atoms with Crippen LogP contribution in [0.5, 0.6) is 0 Å². The molecule has 1 aromatic carbocycles. The van der Waals surface area contributed by atoms with Crippen LogP contribution in [0.4, 0.5) is 10.5 Å². The Labute approximate surface area is 123 Å². The van der Waals surface area contributed by atoms with Crippen molar-refractivity contribution in [1.82, 2.24) is 5.32 Å². The van der Waals surface area contributed by atoms with Crippen molar-refractivity contribution in [3.8, 4) is 0 Å². The van der Waals surface area contributed by atoms with Crippen molar-refractivity contribution >= 4 is 17.7 Å². The fourth-order valence-corrected chi connectivity index (χ4v) is 2.31. The molecule has 0 saturated heterocycles. The number of rotatable bonds is 6. The van der Waals surface area contributed by atoms with E-state index in [0.29, 0.717) is 25.1 Å². The van der Waals surface area contributed by atoms with Crippen LogP contribution in [0, 0.1) is 0 Å². The van der Waals surface area contributed by atoms with E-state index in [4.69, 9.17) is 4.74 Å². The third-order valence-corrected chi connectivity index (χ3v) is 3.65. The maximum absolute atomic E-state index is 11.7. The van der Waals surface area contributed by atoms with Crippen LogP contribution in [-0.2, 0) is 14.9 Å². The van der Waals surface area contributed by atoms with E-state index < -0.39 is 11.4 Å². The summed E-state index contributed by atoms with van der Waals surface area (Å²) in [6.07, 6.45) is 1.34. The molecule has 0 heterocycles. The van der Waals surface area contributed by atoms with Crippen molar-refractivity contribution in [3.63, 3.8) is 0 Å². The highest BCUT2D eigenvalue weighted by Gasteiger charge is 2.51. The third-order valence-electron chi connectivity index (χ3n) is 3.65. The van der Waals surface area contributed by atoms with Crippen molar-refractivity contribution < 1.29 is 19.4 Å². The standard InChI is InChI=1S/C15H20N2O4/c1-10(9-21-2)16-14(20)17-12-5-3-11(4-6-12)15(7-8-15)13(18)19/h3-6,10H,7-9H2,1-2H3,(H,18,19)(H2,16,17,20). The number of carbonyl (C=O) groups is 2. The molecule has 1 unspecified atom stereocenters. The molecule has 0 spiro atoms. The van der Waals surface area contributed by atoms with Crippen LogP contribution in [0.2, 0.25) is 0 Å². The minimum atomic E-state index is -0.783. The SMILES string of the molecule is COCC(C)NC(=O)Nc1ccc(C2(C(=O)O)CC2)cc1. The Kier molecular flexibility index (Phi) is 4.47. The molecule has 1 aromatic rings. The van der Waals surface area contributed by atoms with Gasteiger partial charge < -0.3 is 20.5 Å². The lowest BCUT2D eigenvalue weighted by molar-refractivity contribution is -0.140. The first kappa shape index (κ1) is 15.3. The molecule has 1 atom stereocenters. The van der Waals surface area contributed by atoms with Crippen molar-refractivity contribution in [2.45, 2.75) is 31.2 Å². The molecule has 1 saturated carbocycles. The summed E-state index contributed by atoms with van der Waals surface area (Å²) >= 11 is 0. The van der Waals surface area contributed by atoms with E-state index in [9.17, 15) is 14.7 Å². The zero-order chi connectivity index (χ0) is 15.5. The molecule has 0 radical (unpaired) electrons. The second-order valence-electron chi connectivity index (χ2n) is 5.42. The van der Waals surface area contributed by atoms with Gasteiger partial charge in [-0.1, -0.05) is 12.1 Å². The predicted octanol–water partition coefficient (Wildman–Crippen LogP) is 1.96. The van der Waals surface area contributed by atoms with Gasteiger partial charge >= 0.3 is 12.0 Å². The first-order valence-electron chi connectivity index (χ1n) is 6.88. The van der Waals surface area contributed by atoms with E-state index in [-0.39, 0.29) is 12.1 Å². The lowest BCUT2D eigenvalue weighted by Gasteiger charge is -2.14. The van der Waals surface area contributed by atoms with Crippen LogP contribution >= 0.6 is 0 Å². The second-order valence-corrected chi connectivity index (χ2v) is 5.42. The highest BCUT2D eigenvalue weighted by Crippen LogP contribution is 2.48. The minimum Gasteiger partial charge on any atom is -0.481 e. The van der Waals surface area contributed by atoms with Crippen molar-refractivity contribution in [2.75, 3.05) is 19.0 Å². The van der Waals surface area contributed by atoms with Gasteiger partial charge in [-0.3, -0.25) is 4.79 Å². The largest absolute Gasteiger partial charge is 0.481 e. The number of carboxylic acids is 1. The van der Waals surface area contributed by atoms with Gasteiger partial charge in [0.2, 0.25) is 0 Å². The summed E-state index contributed by atoms with van der Waals surface area (Å²) in [7, 11) is 1.57. The van der Waals surface area contributed by atoms with Gasteiger partial charge in [-0.2, -0.15) is 0 Å². The summed E-state index contributed by atoms with van der Waals surface area (Å²) in [5.41, 5.74) is 0.698. The van der Waals surface area contributed by atoms with Crippen LogP contribution in [0.25, 0.3) is 0 Å². The lowest BCUT2D eigenvalue weighted by Crippen LogP contribution is -2.38. The molecule has 2 amide bonds. The number of carboxylic acid groups (broad SMARTS) is 1. The summed E-state index contributed by atoms with van der Waals surface area (Å²) in [6.45, 7) is 2.28. The highest BCUT2D eigenvalue weighted by molar-refractivity contribution is 5.90. The zero-order valence-electron chi connectivity index (χ0n) is 12.2. The average Bonchev–Trinajstić information content (AvgIpc) is 3.21. The van der Waals surface area contributed by atoms with Gasteiger partial charge in [0.05, 0.1) is 18.1 Å². The van der Waals surface area contributed by atoms with E-state index in [0.717, 1.165) is 5.56 Å². The van der Waals surface area contributed by atoms with Gasteiger partial charge in [0.25, 0.3) is 0 Å². The number of aliphatic carboxylic acids is 1. The molecule has 6 heteroatoms. The molecular weight excluding hydrogens is 272 g/mol. The van der Waals surface area contributed by atoms with Crippen molar-refractivity contribution in [3.05, 3.63) is 29.8 Å². The van der Waals surface area contributed by atoms with Gasteiger partial charge in [-0.05, 0) is 37.5 Å². The molecule has 0 bridgehead atoms. The molecule has 1 aliphatic carbocycles. The Balaban J connectivity index is 1.94. The summed E-state index contributed by atoms with van der Waals surface area (Å²) < 4.78 is 4.94. The minimum absolute atomic E-state index is 0.0870. The van der Waals surface area contributed by atoms with Crippen LogP contribution in [0.3, 0.4) is 0 Å². The van der Waals surface area contributed by atoms with E-state index in [1.165, 1.54) is 0 Å². The maximum atomic E-state index is 11.7. The number of urea groups is 1. The van der Waals surface area contributed by atoms with Crippen LogP contribution < -0.4 is 10.6 Å². The number of benzene rings is 1. The van der Waals surface area contributed by atoms with Gasteiger partial charge in [-0.15, -0.1) is 0 Å². The lowest BCUT2D eigenvalue weighted by atomic mass is 9.96. The number of carbonyl (C=O) groups excluding carboxylic acids is 1. The Morgan fingerprint density at radius 3 is 2.43 bits per heavy atom. The van der Waals surface area contributed by atoms with Gasteiger partial charge in [0.1, 0.15) is 0 Å². The number of ether oxygens (including phenoxy) is 1. The monoisotopic (exact) mass is 292 g/mol. The molecule has 3 N–H and O–H groups in total. The average molecular weight is 292 g/mol. The Morgan fingerprint density at radius 1 is 1.33 bits per heavy atom. The number of hydrogen-bond donors (Lipinski definition) is 3. The van der Waals surface area contributed by atoms with Crippen LogP contribution in [0.15, 0.2) is 24.3 Å². The molecule has 2 rings (SSSR count). The van der Waals surface area contributed by atoms with Crippen molar-refractivity contribution in [1.29, 1.82) is 0 Å². The molecule has 0 aromatic heterocycles. The topological polar surface area (TPSA) is 87.7 Å². The zero-order valence-corrected chi connectivity index (χ0v) is 12.2. The van der Waals surface area contributed by atoms with E-state index >= 15 is 0 Å². The van der Waals surface area contributed by atoms with Crippen molar-refractivity contribution in [2.24, 2.45) is 0 Å². The summed E-state index contributed by atoms with van der Waals surface area (Å²) in [6, 6.07) is 6.56. The number of methoxy groups -OCH3 is 1. The molecular formula is C15H20N2O4. The number of amides is 2. The summed E-state index contributed by atoms with van der Waals surface area (Å²) in [5, 5.41) is 14.7.